The van der Waals surface area contributed by atoms with Crippen LogP contribution in [-0.2, 0) is 23.9 Å². The molecule has 4 nitrogen and oxygen atoms in total. The van der Waals surface area contributed by atoms with Crippen LogP contribution in [0.2, 0.25) is 5.02 Å². The van der Waals surface area contributed by atoms with Crippen molar-refractivity contribution < 1.29 is 22.8 Å². The van der Waals surface area contributed by atoms with Gasteiger partial charge in [0, 0.05) is 29.7 Å². The Kier molecular flexibility index (Phi) is 6.09. The molecule has 1 saturated carbocycles. The molecule has 2 fully saturated rings. The standard InChI is InChI=1S/C26H26ClF3N2O2/c27-19-10-8-16(9-11-19)24(33)32-22-7-2-1-4-17(22)14-23(32)25(34)31-13-12-20-18(15-31)5-3-6-21(20)26(28,29)30/h3,5-6,8-11,17,22-23H,1-2,4,7,12-15H2/t17-,22-,23-/m0/s1. The lowest BCUT2D eigenvalue weighted by molar-refractivity contribution is -0.139. The number of benzene rings is 2. The molecule has 0 bridgehead atoms. The summed E-state index contributed by atoms with van der Waals surface area (Å²) in [5.41, 5.74) is 0.671. The fourth-order valence-electron chi connectivity index (χ4n) is 5.99. The maximum Gasteiger partial charge on any atom is 0.416 e. The normalized spacial score (nSPS) is 24.5. The minimum absolute atomic E-state index is 0.0137. The summed E-state index contributed by atoms with van der Waals surface area (Å²) in [6.07, 6.45) is 0.297. The topological polar surface area (TPSA) is 40.6 Å². The second-order valence-corrected chi connectivity index (χ2v) is 9.97. The highest BCUT2D eigenvalue weighted by Crippen LogP contribution is 2.42. The Hall–Kier alpha value is -2.54. The fourth-order valence-corrected chi connectivity index (χ4v) is 6.11. The highest BCUT2D eigenvalue weighted by molar-refractivity contribution is 6.30. The first-order valence-electron chi connectivity index (χ1n) is 11.8. The van der Waals surface area contributed by atoms with E-state index in [0.29, 0.717) is 22.6 Å². The average Bonchev–Trinajstić information content (AvgIpc) is 3.22. The first-order chi connectivity index (χ1) is 16.2. The maximum atomic E-state index is 13.7. The lowest BCUT2D eigenvalue weighted by atomic mass is 9.84. The van der Waals surface area contributed by atoms with Crippen molar-refractivity contribution in [2.45, 2.75) is 63.3 Å². The number of alkyl halides is 3. The quantitative estimate of drug-likeness (QED) is 0.540. The Morgan fingerprint density at radius 3 is 2.47 bits per heavy atom. The van der Waals surface area contributed by atoms with E-state index >= 15 is 0 Å². The molecule has 0 unspecified atom stereocenters. The molecule has 2 aromatic rings. The van der Waals surface area contributed by atoms with Gasteiger partial charge in [-0.1, -0.05) is 36.6 Å². The second kappa shape index (κ2) is 8.91. The molecule has 2 amide bonds. The van der Waals surface area contributed by atoms with E-state index in [1.807, 2.05) is 0 Å². The average molecular weight is 491 g/mol. The minimum Gasteiger partial charge on any atom is -0.336 e. The van der Waals surface area contributed by atoms with Crippen LogP contribution in [0.15, 0.2) is 42.5 Å². The number of carbonyl (C=O) groups excluding carboxylic acids is 2. The van der Waals surface area contributed by atoms with Crippen LogP contribution in [-0.4, -0.2) is 40.2 Å². The molecule has 0 aromatic heterocycles. The highest BCUT2D eigenvalue weighted by Gasteiger charge is 2.49. The van der Waals surface area contributed by atoms with Gasteiger partial charge in [0.2, 0.25) is 5.91 Å². The van der Waals surface area contributed by atoms with E-state index in [9.17, 15) is 22.8 Å². The van der Waals surface area contributed by atoms with Crippen LogP contribution < -0.4 is 0 Å². The van der Waals surface area contributed by atoms with Gasteiger partial charge in [0.15, 0.2) is 0 Å². The number of nitrogens with zero attached hydrogens (tertiary/aromatic N) is 2. The molecule has 2 aromatic carbocycles. The number of halogens is 4. The van der Waals surface area contributed by atoms with Crippen molar-refractivity contribution in [2.75, 3.05) is 6.54 Å². The maximum absolute atomic E-state index is 13.7. The Morgan fingerprint density at radius 1 is 1.00 bits per heavy atom. The summed E-state index contributed by atoms with van der Waals surface area (Å²) in [4.78, 5) is 30.7. The zero-order valence-electron chi connectivity index (χ0n) is 18.7. The summed E-state index contributed by atoms with van der Waals surface area (Å²) >= 11 is 5.99. The van der Waals surface area contributed by atoms with Gasteiger partial charge >= 0.3 is 6.18 Å². The van der Waals surface area contributed by atoms with Crippen LogP contribution >= 0.6 is 11.6 Å². The monoisotopic (exact) mass is 490 g/mol. The Labute approximate surface area is 201 Å². The van der Waals surface area contributed by atoms with Gasteiger partial charge in [-0.3, -0.25) is 9.59 Å². The molecule has 3 aliphatic rings. The van der Waals surface area contributed by atoms with E-state index in [2.05, 4.69) is 0 Å². The SMILES string of the molecule is O=C([C@@H]1C[C@@H]2CCCC[C@@H]2N1C(=O)c1ccc(Cl)cc1)N1CCc2c(cccc2C(F)(F)F)C1. The zero-order valence-corrected chi connectivity index (χ0v) is 19.4. The first kappa shape index (κ1) is 23.2. The largest absolute Gasteiger partial charge is 0.416 e. The molecule has 8 heteroatoms. The molecular formula is C26H26ClF3N2O2. The van der Waals surface area contributed by atoms with E-state index in [0.717, 1.165) is 31.7 Å². The van der Waals surface area contributed by atoms with E-state index in [1.54, 1.807) is 40.1 Å². The summed E-state index contributed by atoms with van der Waals surface area (Å²) in [6.45, 7) is 0.348. The predicted molar refractivity (Wildman–Crippen MR) is 122 cm³/mol. The highest BCUT2D eigenvalue weighted by atomic mass is 35.5. The molecule has 2 aliphatic heterocycles. The molecule has 34 heavy (non-hydrogen) atoms. The van der Waals surface area contributed by atoms with Gasteiger partial charge in [-0.15, -0.1) is 0 Å². The Balaban J connectivity index is 1.42. The minimum atomic E-state index is -4.42. The van der Waals surface area contributed by atoms with Gasteiger partial charge < -0.3 is 9.80 Å². The molecule has 180 valence electrons. The third-order valence-electron chi connectivity index (χ3n) is 7.58. The van der Waals surface area contributed by atoms with Crippen LogP contribution in [0.25, 0.3) is 0 Å². The summed E-state index contributed by atoms with van der Waals surface area (Å²) < 4.78 is 40.3. The molecule has 1 saturated heterocycles. The van der Waals surface area contributed by atoms with E-state index in [1.165, 1.54) is 6.07 Å². The van der Waals surface area contributed by atoms with Crippen molar-refractivity contribution in [3.63, 3.8) is 0 Å². The molecular weight excluding hydrogens is 465 g/mol. The number of amides is 2. The van der Waals surface area contributed by atoms with Crippen molar-refractivity contribution in [2.24, 2.45) is 5.92 Å². The van der Waals surface area contributed by atoms with Gasteiger partial charge in [-0.05, 0) is 73.1 Å². The number of rotatable bonds is 2. The van der Waals surface area contributed by atoms with Crippen LogP contribution in [0.3, 0.4) is 0 Å². The molecule has 0 N–H and O–H groups in total. The van der Waals surface area contributed by atoms with Crippen molar-refractivity contribution in [3.8, 4) is 0 Å². The van der Waals surface area contributed by atoms with E-state index in [-0.39, 0.29) is 48.8 Å². The number of fused-ring (bicyclic) bond motifs is 2. The summed E-state index contributed by atoms with van der Waals surface area (Å²) in [6, 6.07) is 10.3. The number of likely N-dealkylation sites (tertiary alicyclic amines) is 1. The van der Waals surface area contributed by atoms with Gasteiger partial charge in [0.1, 0.15) is 6.04 Å². The smallest absolute Gasteiger partial charge is 0.336 e. The molecule has 3 atom stereocenters. The van der Waals surface area contributed by atoms with Gasteiger partial charge in [0.25, 0.3) is 5.91 Å². The second-order valence-electron chi connectivity index (χ2n) is 9.53. The zero-order chi connectivity index (χ0) is 24.0. The van der Waals surface area contributed by atoms with Gasteiger partial charge in [-0.2, -0.15) is 13.2 Å². The summed E-state index contributed by atoms with van der Waals surface area (Å²) in [5.74, 6) is -0.0752. The molecule has 0 radical (unpaired) electrons. The van der Waals surface area contributed by atoms with E-state index < -0.39 is 17.8 Å². The van der Waals surface area contributed by atoms with Crippen molar-refractivity contribution in [3.05, 3.63) is 69.7 Å². The van der Waals surface area contributed by atoms with Crippen LogP contribution in [0.4, 0.5) is 13.2 Å². The molecule has 0 spiro atoms. The molecule has 5 rings (SSSR count). The predicted octanol–water partition coefficient (Wildman–Crippen LogP) is 5.72. The molecule has 2 heterocycles. The summed E-state index contributed by atoms with van der Waals surface area (Å²) in [5, 5.41) is 0.534. The Bertz CT molecular complexity index is 1100. The third-order valence-corrected chi connectivity index (χ3v) is 7.83. The lowest BCUT2D eigenvalue weighted by Crippen LogP contribution is -2.51. The number of hydrogen-bond acceptors (Lipinski definition) is 2. The lowest BCUT2D eigenvalue weighted by Gasteiger charge is -2.37. The summed E-state index contributed by atoms with van der Waals surface area (Å²) in [7, 11) is 0. The van der Waals surface area contributed by atoms with Gasteiger partial charge in [0.05, 0.1) is 5.56 Å². The van der Waals surface area contributed by atoms with Crippen LogP contribution in [0.5, 0.6) is 0 Å². The Morgan fingerprint density at radius 2 is 1.74 bits per heavy atom. The number of hydrogen-bond donors (Lipinski definition) is 0. The van der Waals surface area contributed by atoms with Crippen molar-refractivity contribution in [1.29, 1.82) is 0 Å². The third kappa shape index (κ3) is 4.19. The van der Waals surface area contributed by atoms with Crippen molar-refractivity contribution in [1.82, 2.24) is 9.80 Å². The van der Waals surface area contributed by atoms with Crippen LogP contribution in [0.1, 0.15) is 59.2 Å². The molecule has 1 aliphatic carbocycles. The van der Waals surface area contributed by atoms with Crippen molar-refractivity contribution >= 4 is 23.4 Å². The first-order valence-corrected chi connectivity index (χ1v) is 12.2. The van der Waals surface area contributed by atoms with E-state index in [4.69, 9.17) is 11.6 Å². The van der Waals surface area contributed by atoms with Gasteiger partial charge in [-0.25, -0.2) is 0 Å². The fraction of sp³-hybridized carbons (Fsp3) is 0.462. The van der Waals surface area contributed by atoms with Crippen LogP contribution in [0, 0.1) is 5.92 Å². The number of carbonyl (C=O) groups is 2.